The van der Waals surface area contributed by atoms with Gasteiger partial charge in [-0.15, -0.1) is 0 Å². The zero-order valence-corrected chi connectivity index (χ0v) is 18.2. The molecule has 1 aromatic carbocycles. The first-order chi connectivity index (χ1) is 14.0. The number of ether oxygens (including phenoxy) is 3. The van der Waals surface area contributed by atoms with E-state index in [1.54, 1.807) is 39.8 Å². The lowest BCUT2D eigenvalue weighted by Crippen LogP contribution is -2.46. The third kappa shape index (κ3) is 6.23. The maximum atomic E-state index is 12.5. The molecule has 2 atom stereocenters. The van der Waals surface area contributed by atoms with Gasteiger partial charge in [0.25, 0.3) is 0 Å². The smallest absolute Gasteiger partial charge is 0.408 e. The summed E-state index contributed by atoms with van der Waals surface area (Å²) in [4.78, 5) is 36.0. The van der Waals surface area contributed by atoms with E-state index in [-0.39, 0.29) is 12.6 Å². The van der Waals surface area contributed by atoms with Gasteiger partial charge in [0.2, 0.25) is 0 Å². The second kappa shape index (κ2) is 9.19. The van der Waals surface area contributed by atoms with Crippen molar-refractivity contribution in [3.63, 3.8) is 0 Å². The van der Waals surface area contributed by atoms with Crippen LogP contribution >= 0.6 is 0 Å². The zero-order valence-electron chi connectivity index (χ0n) is 18.2. The average Bonchev–Trinajstić information content (AvgIpc) is 3.06. The lowest BCUT2D eigenvalue weighted by molar-refractivity contribution is 0.0358. The third-order valence-corrected chi connectivity index (χ3v) is 4.67. The minimum Gasteiger partial charge on any atom is -0.465 e. The summed E-state index contributed by atoms with van der Waals surface area (Å²) in [5.74, 6) is -0.396. The molecule has 1 aliphatic carbocycles. The maximum absolute atomic E-state index is 12.5. The molecule has 2 amide bonds. The summed E-state index contributed by atoms with van der Waals surface area (Å²) in [5.41, 5.74) is 0.660. The van der Waals surface area contributed by atoms with Gasteiger partial charge in [0.15, 0.2) is 0 Å². The standard InChI is InChI=1S/C22H30N2O6/c1-7-22(5,13-23-19(26)29-21(2,3)4)30-20(27)24-17-11-9-14-12-15(18(25)28-6)8-10-16(14)17/h7-8,10,12,17H,1,9,11,13H2,2-6H3,(H,23,26)(H,24,27). The number of nitrogens with one attached hydrogen (secondary N) is 2. The van der Waals surface area contributed by atoms with Crippen LogP contribution in [-0.2, 0) is 20.6 Å². The zero-order chi connectivity index (χ0) is 22.5. The number of amides is 2. The number of carbonyl (C=O) groups excluding carboxylic acids is 3. The Hall–Kier alpha value is -3.03. The minimum absolute atomic E-state index is 0.0164. The van der Waals surface area contributed by atoms with Gasteiger partial charge in [-0.3, -0.25) is 0 Å². The molecule has 1 aliphatic rings. The Bertz CT molecular complexity index is 829. The largest absolute Gasteiger partial charge is 0.465 e. The predicted octanol–water partition coefficient (Wildman–Crippen LogP) is 3.66. The van der Waals surface area contributed by atoms with Crippen LogP contribution in [0.2, 0.25) is 0 Å². The van der Waals surface area contributed by atoms with Crippen molar-refractivity contribution in [2.24, 2.45) is 0 Å². The van der Waals surface area contributed by atoms with Crippen LogP contribution in [-0.4, -0.2) is 43.0 Å². The topological polar surface area (TPSA) is 103 Å². The van der Waals surface area contributed by atoms with Crippen molar-refractivity contribution >= 4 is 18.2 Å². The molecule has 2 unspecified atom stereocenters. The first kappa shape index (κ1) is 23.3. The molecule has 0 bridgehead atoms. The molecule has 0 radical (unpaired) electrons. The van der Waals surface area contributed by atoms with Crippen LogP contribution in [0.4, 0.5) is 9.59 Å². The number of rotatable bonds is 6. The van der Waals surface area contributed by atoms with E-state index in [0.717, 1.165) is 17.5 Å². The summed E-state index contributed by atoms with van der Waals surface area (Å²) in [7, 11) is 1.34. The number of methoxy groups -OCH3 is 1. The van der Waals surface area contributed by atoms with Crippen LogP contribution in [0, 0.1) is 0 Å². The van der Waals surface area contributed by atoms with E-state index >= 15 is 0 Å². The highest BCUT2D eigenvalue weighted by Crippen LogP contribution is 2.32. The molecular formula is C22H30N2O6. The fraction of sp³-hybridized carbons (Fsp3) is 0.500. The molecular weight excluding hydrogens is 388 g/mol. The predicted molar refractivity (Wildman–Crippen MR) is 111 cm³/mol. The Labute approximate surface area is 176 Å². The van der Waals surface area contributed by atoms with E-state index in [1.807, 2.05) is 6.07 Å². The van der Waals surface area contributed by atoms with Gasteiger partial charge in [-0.05, 0) is 69.9 Å². The van der Waals surface area contributed by atoms with Crippen LogP contribution in [0.5, 0.6) is 0 Å². The van der Waals surface area contributed by atoms with Gasteiger partial charge in [0, 0.05) is 0 Å². The second-order valence-electron chi connectivity index (χ2n) is 8.40. The summed E-state index contributed by atoms with van der Waals surface area (Å²) in [5, 5.41) is 5.43. The number of benzene rings is 1. The molecule has 0 aliphatic heterocycles. The van der Waals surface area contributed by atoms with Crippen molar-refractivity contribution < 1.29 is 28.6 Å². The Morgan fingerprint density at radius 1 is 1.17 bits per heavy atom. The highest BCUT2D eigenvalue weighted by atomic mass is 16.6. The van der Waals surface area contributed by atoms with Gasteiger partial charge in [-0.1, -0.05) is 12.6 Å². The number of aryl methyl sites for hydroxylation is 1. The Morgan fingerprint density at radius 2 is 1.87 bits per heavy atom. The van der Waals surface area contributed by atoms with Gasteiger partial charge in [-0.2, -0.15) is 0 Å². The first-order valence-corrected chi connectivity index (χ1v) is 9.77. The van der Waals surface area contributed by atoms with Crippen molar-refractivity contribution in [1.29, 1.82) is 0 Å². The van der Waals surface area contributed by atoms with E-state index in [0.29, 0.717) is 12.0 Å². The number of hydrogen-bond donors (Lipinski definition) is 2. The van der Waals surface area contributed by atoms with Crippen LogP contribution in [0.25, 0.3) is 0 Å². The molecule has 2 N–H and O–H groups in total. The molecule has 1 aromatic rings. The summed E-state index contributed by atoms with van der Waals surface area (Å²) in [6.07, 6.45) is 1.64. The summed E-state index contributed by atoms with van der Waals surface area (Å²) < 4.78 is 15.4. The van der Waals surface area contributed by atoms with Crippen molar-refractivity contribution in [3.8, 4) is 0 Å². The number of carbonyl (C=O) groups is 3. The van der Waals surface area contributed by atoms with Gasteiger partial charge in [0.05, 0.1) is 25.3 Å². The monoisotopic (exact) mass is 418 g/mol. The lowest BCUT2D eigenvalue weighted by atomic mass is 10.0. The lowest BCUT2D eigenvalue weighted by Gasteiger charge is -2.28. The highest BCUT2D eigenvalue weighted by Gasteiger charge is 2.30. The molecule has 164 valence electrons. The minimum atomic E-state index is -1.11. The molecule has 0 saturated carbocycles. The summed E-state index contributed by atoms with van der Waals surface area (Å²) in [6.45, 7) is 10.6. The van der Waals surface area contributed by atoms with E-state index < -0.39 is 29.4 Å². The fourth-order valence-electron chi connectivity index (χ4n) is 3.11. The number of fused-ring (bicyclic) bond motifs is 1. The quantitative estimate of drug-likeness (QED) is 0.415. The van der Waals surface area contributed by atoms with E-state index in [2.05, 4.69) is 17.2 Å². The van der Waals surface area contributed by atoms with Crippen molar-refractivity contribution in [3.05, 3.63) is 47.5 Å². The van der Waals surface area contributed by atoms with Gasteiger partial charge in [-0.25, -0.2) is 14.4 Å². The molecule has 30 heavy (non-hydrogen) atoms. The highest BCUT2D eigenvalue weighted by molar-refractivity contribution is 5.89. The molecule has 0 aromatic heterocycles. The van der Waals surface area contributed by atoms with Crippen LogP contribution in [0.1, 0.15) is 61.6 Å². The van der Waals surface area contributed by atoms with Crippen LogP contribution < -0.4 is 10.6 Å². The SMILES string of the molecule is C=CC(C)(CNC(=O)OC(C)(C)C)OC(=O)NC1CCc2cc(C(=O)OC)ccc21. The Balaban J connectivity index is 1.96. The number of hydrogen-bond acceptors (Lipinski definition) is 6. The number of alkyl carbamates (subject to hydrolysis) is 2. The molecule has 0 saturated heterocycles. The second-order valence-corrected chi connectivity index (χ2v) is 8.40. The van der Waals surface area contributed by atoms with Gasteiger partial charge < -0.3 is 24.8 Å². The van der Waals surface area contributed by atoms with E-state index in [9.17, 15) is 14.4 Å². The average molecular weight is 418 g/mol. The van der Waals surface area contributed by atoms with Crippen molar-refractivity contribution in [2.45, 2.75) is 57.8 Å². The first-order valence-electron chi connectivity index (χ1n) is 9.77. The Morgan fingerprint density at radius 3 is 2.47 bits per heavy atom. The maximum Gasteiger partial charge on any atom is 0.408 e. The van der Waals surface area contributed by atoms with Crippen molar-refractivity contribution in [1.82, 2.24) is 10.6 Å². The third-order valence-electron chi connectivity index (χ3n) is 4.67. The molecule has 2 rings (SSSR count). The van der Waals surface area contributed by atoms with E-state index in [1.165, 1.54) is 13.2 Å². The summed E-state index contributed by atoms with van der Waals surface area (Å²) in [6, 6.07) is 5.05. The molecule has 8 nitrogen and oxygen atoms in total. The van der Waals surface area contributed by atoms with Gasteiger partial charge in [0.1, 0.15) is 11.2 Å². The summed E-state index contributed by atoms with van der Waals surface area (Å²) >= 11 is 0. The van der Waals surface area contributed by atoms with Crippen molar-refractivity contribution in [2.75, 3.05) is 13.7 Å². The molecule has 0 spiro atoms. The van der Waals surface area contributed by atoms with Crippen LogP contribution in [0.3, 0.4) is 0 Å². The normalized spacial score (nSPS) is 17.2. The fourth-order valence-corrected chi connectivity index (χ4v) is 3.11. The van der Waals surface area contributed by atoms with E-state index in [4.69, 9.17) is 14.2 Å². The molecule has 0 fully saturated rings. The Kier molecular flexibility index (Phi) is 7.12. The van der Waals surface area contributed by atoms with Gasteiger partial charge >= 0.3 is 18.2 Å². The van der Waals surface area contributed by atoms with Crippen LogP contribution in [0.15, 0.2) is 30.9 Å². The molecule has 0 heterocycles. The molecule has 8 heteroatoms. The number of esters is 1.